The van der Waals surface area contributed by atoms with Crippen LogP contribution in [0.2, 0.25) is 5.02 Å². The molecule has 0 atom stereocenters. The number of nitrogens with zero attached hydrogens (tertiary/aromatic N) is 2. The smallest absolute Gasteiger partial charge is 0.0663 e. The summed E-state index contributed by atoms with van der Waals surface area (Å²) in [4.78, 5) is 3.91. The molecule has 2 nitrogen and oxygen atoms in total. The Hall–Kier alpha value is -1.33. The van der Waals surface area contributed by atoms with Gasteiger partial charge in [-0.15, -0.1) is 0 Å². The Morgan fingerprint density at radius 3 is 3.17 bits per heavy atom. The van der Waals surface area contributed by atoms with Gasteiger partial charge < -0.3 is 0 Å². The van der Waals surface area contributed by atoms with Gasteiger partial charge in [0.05, 0.1) is 17.5 Å². The molecule has 0 saturated carbocycles. The van der Waals surface area contributed by atoms with Crippen LogP contribution in [0.15, 0.2) is 24.5 Å². The molecule has 0 aliphatic heterocycles. The van der Waals surface area contributed by atoms with Crippen molar-refractivity contribution < 1.29 is 0 Å². The number of halogens is 1. The standard InChI is InChI=1S/C9H7ClN2/c10-9-4-6-12-7-8(9)3-1-2-5-11/h1,3-4,6-7H,2H2. The fourth-order valence-corrected chi connectivity index (χ4v) is 0.919. The average Bonchev–Trinajstić information content (AvgIpc) is 2.09. The van der Waals surface area contributed by atoms with Gasteiger partial charge in [0.25, 0.3) is 0 Å². The third-order valence-electron chi connectivity index (χ3n) is 1.30. The Bertz CT molecular complexity index is 326. The molecule has 0 radical (unpaired) electrons. The molecule has 0 fully saturated rings. The number of rotatable bonds is 2. The summed E-state index contributed by atoms with van der Waals surface area (Å²) >= 11 is 5.83. The molecular weight excluding hydrogens is 172 g/mol. The third kappa shape index (κ3) is 2.37. The number of allylic oxidation sites excluding steroid dienone is 1. The summed E-state index contributed by atoms with van der Waals surface area (Å²) in [6.07, 6.45) is 7.23. The van der Waals surface area contributed by atoms with E-state index >= 15 is 0 Å². The van der Waals surface area contributed by atoms with E-state index in [1.807, 2.05) is 6.07 Å². The highest BCUT2D eigenvalue weighted by Gasteiger charge is 1.92. The van der Waals surface area contributed by atoms with Gasteiger partial charge in [0, 0.05) is 18.0 Å². The topological polar surface area (TPSA) is 36.7 Å². The molecule has 0 aromatic carbocycles. The number of pyridine rings is 1. The molecular formula is C9H7ClN2. The van der Waals surface area contributed by atoms with Crippen LogP contribution in [0.5, 0.6) is 0 Å². The molecule has 1 aromatic rings. The lowest BCUT2D eigenvalue weighted by Crippen LogP contribution is -1.76. The second-order valence-electron chi connectivity index (χ2n) is 2.16. The van der Waals surface area contributed by atoms with Crippen molar-refractivity contribution in [1.29, 1.82) is 5.26 Å². The predicted octanol–water partition coefficient (Wildman–Crippen LogP) is 2.66. The zero-order valence-electron chi connectivity index (χ0n) is 6.37. The van der Waals surface area contributed by atoms with Crippen LogP contribution < -0.4 is 0 Å². The maximum atomic E-state index is 8.26. The lowest BCUT2D eigenvalue weighted by Gasteiger charge is -1.93. The normalized spacial score (nSPS) is 10.0. The molecule has 0 aliphatic rings. The molecule has 1 heterocycles. The summed E-state index contributed by atoms with van der Waals surface area (Å²) in [6, 6.07) is 3.72. The third-order valence-corrected chi connectivity index (χ3v) is 1.65. The molecule has 0 amide bonds. The lowest BCUT2D eigenvalue weighted by molar-refractivity contribution is 1.31. The van der Waals surface area contributed by atoms with Crippen molar-refractivity contribution in [3.8, 4) is 6.07 Å². The minimum absolute atomic E-state index is 0.394. The Kier molecular flexibility index (Phi) is 3.31. The van der Waals surface area contributed by atoms with Gasteiger partial charge in [-0.2, -0.15) is 5.26 Å². The molecule has 1 aromatic heterocycles. The number of aromatic nitrogens is 1. The second kappa shape index (κ2) is 4.53. The Morgan fingerprint density at radius 1 is 1.67 bits per heavy atom. The van der Waals surface area contributed by atoms with Crippen molar-refractivity contribution in [2.24, 2.45) is 0 Å². The average molecular weight is 179 g/mol. The van der Waals surface area contributed by atoms with E-state index in [9.17, 15) is 0 Å². The van der Waals surface area contributed by atoms with E-state index in [0.717, 1.165) is 5.56 Å². The molecule has 0 bridgehead atoms. The van der Waals surface area contributed by atoms with Crippen LogP contribution in [0.3, 0.4) is 0 Å². The van der Waals surface area contributed by atoms with Gasteiger partial charge in [-0.3, -0.25) is 4.98 Å². The van der Waals surface area contributed by atoms with E-state index in [1.165, 1.54) is 0 Å². The summed E-state index contributed by atoms with van der Waals surface area (Å²) in [5, 5.41) is 8.92. The summed E-state index contributed by atoms with van der Waals surface area (Å²) in [7, 11) is 0. The van der Waals surface area contributed by atoms with E-state index in [0.29, 0.717) is 11.4 Å². The zero-order valence-corrected chi connectivity index (χ0v) is 7.12. The van der Waals surface area contributed by atoms with Crippen molar-refractivity contribution >= 4 is 17.7 Å². The minimum Gasteiger partial charge on any atom is -0.264 e. The molecule has 3 heteroatoms. The quantitative estimate of drug-likeness (QED) is 0.698. The zero-order chi connectivity index (χ0) is 8.81. The van der Waals surface area contributed by atoms with Gasteiger partial charge in [-0.05, 0) is 6.07 Å². The minimum atomic E-state index is 0.394. The van der Waals surface area contributed by atoms with Crippen LogP contribution in [0, 0.1) is 11.3 Å². The fourth-order valence-electron chi connectivity index (χ4n) is 0.751. The van der Waals surface area contributed by atoms with Gasteiger partial charge in [0.2, 0.25) is 0 Å². The van der Waals surface area contributed by atoms with Gasteiger partial charge in [-0.25, -0.2) is 0 Å². The van der Waals surface area contributed by atoms with Crippen LogP contribution in [0.4, 0.5) is 0 Å². The molecule has 12 heavy (non-hydrogen) atoms. The van der Waals surface area contributed by atoms with Crippen LogP contribution >= 0.6 is 11.6 Å². The highest BCUT2D eigenvalue weighted by Crippen LogP contribution is 2.14. The summed E-state index contributed by atoms with van der Waals surface area (Å²) in [6.45, 7) is 0. The van der Waals surface area contributed by atoms with Gasteiger partial charge in [-0.1, -0.05) is 23.8 Å². The Balaban J connectivity index is 2.77. The van der Waals surface area contributed by atoms with Gasteiger partial charge in [0.15, 0.2) is 0 Å². The van der Waals surface area contributed by atoms with Crippen LogP contribution in [-0.2, 0) is 0 Å². The van der Waals surface area contributed by atoms with Crippen molar-refractivity contribution in [2.75, 3.05) is 0 Å². The van der Waals surface area contributed by atoms with Crippen LogP contribution in [0.1, 0.15) is 12.0 Å². The van der Waals surface area contributed by atoms with Crippen LogP contribution in [0.25, 0.3) is 6.08 Å². The van der Waals surface area contributed by atoms with Crippen molar-refractivity contribution in [3.63, 3.8) is 0 Å². The Labute approximate surface area is 76.1 Å². The molecule has 60 valence electrons. The van der Waals surface area contributed by atoms with Crippen LogP contribution in [-0.4, -0.2) is 4.98 Å². The molecule has 1 rings (SSSR count). The van der Waals surface area contributed by atoms with Crippen molar-refractivity contribution in [2.45, 2.75) is 6.42 Å². The largest absolute Gasteiger partial charge is 0.264 e. The summed E-state index contributed by atoms with van der Waals surface area (Å²) in [5.74, 6) is 0. The SMILES string of the molecule is N#CCC=Cc1cnccc1Cl. The highest BCUT2D eigenvalue weighted by atomic mass is 35.5. The summed E-state index contributed by atoms with van der Waals surface area (Å²) in [5.41, 5.74) is 0.842. The first-order valence-electron chi connectivity index (χ1n) is 3.47. The van der Waals surface area contributed by atoms with E-state index in [4.69, 9.17) is 16.9 Å². The lowest BCUT2D eigenvalue weighted by atomic mass is 10.2. The van der Waals surface area contributed by atoms with Gasteiger partial charge in [0.1, 0.15) is 0 Å². The first kappa shape index (κ1) is 8.76. The predicted molar refractivity (Wildman–Crippen MR) is 48.5 cm³/mol. The highest BCUT2D eigenvalue weighted by molar-refractivity contribution is 6.32. The van der Waals surface area contributed by atoms with Crippen molar-refractivity contribution in [1.82, 2.24) is 4.98 Å². The second-order valence-corrected chi connectivity index (χ2v) is 2.57. The van der Waals surface area contributed by atoms with Crippen molar-refractivity contribution in [3.05, 3.63) is 35.1 Å². The Morgan fingerprint density at radius 2 is 2.50 bits per heavy atom. The van der Waals surface area contributed by atoms with E-state index in [2.05, 4.69) is 4.98 Å². The number of nitriles is 1. The van der Waals surface area contributed by atoms with E-state index in [1.54, 1.807) is 30.6 Å². The van der Waals surface area contributed by atoms with E-state index in [-0.39, 0.29) is 0 Å². The number of hydrogen-bond acceptors (Lipinski definition) is 2. The maximum absolute atomic E-state index is 8.26. The monoisotopic (exact) mass is 178 g/mol. The number of hydrogen-bond donors (Lipinski definition) is 0. The fraction of sp³-hybridized carbons (Fsp3) is 0.111. The molecule has 0 saturated heterocycles. The first-order valence-corrected chi connectivity index (χ1v) is 3.85. The first-order chi connectivity index (χ1) is 5.84. The molecule has 0 spiro atoms. The van der Waals surface area contributed by atoms with E-state index < -0.39 is 0 Å². The molecule has 0 N–H and O–H groups in total. The maximum Gasteiger partial charge on any atom is 0.0663 e. The summed E-state index contributed by atoms with van der Waals surface area (Å²) < 4.78 is 0. The molecule has 0 unspecified atom stereocenters. The molecule has 0 aliphatic carbocycles. The van der Waals surface area contributed by atoms with Gasteiger partial charge >= 0.3 is 0 Å².